The van der Waals surface area contributed by atoms with Crippen LogP contribution in [0, 0.1) is 0 Å². The number of carbonyl (C=O) groups excluding carboxylic acids is 2. The second kappa shape index (κ2) is 6.93. The van der Waals surface area contributed by atoms with Gasteiger partial charge in [-0.25, -0.2) is 0 Å². The summed E-state index contributed by atoms with van der Waals surface area (Å²) in [6.07, 6.45) is -2.59. The molecule has 6 nitrogen and oxygen atoms in total. The van der Waals surface area contributed by atoms with Gasteiger partial charge in [0.05, 0.1) is 0 Å². The number of nitrogens with one attached hydrogen (secondary N) is 1. The van der Waals surface area contributed by atoms with Crippen molar-refractivity contribution in [1.29, 1.82) is 0 Å². The molecule has 10 heteroatoms. The molecule has 0 saturated carbocycles. The van der Waals surface area contributed by atoms with E-state index in [9.17, 15) is 27.9 Å². The number of amides is 2. The van der Waals surface area contributed by atoms with Gasteiger partial charge in [-0.05, 0) is 36.5 Å². The van der Waals surface area contributed by atoms with Crippen molar-refractivity contribution in [3.8, 4) is 11.5 Å². The van der Waals surface area contributed by atoms with Gasteiger partial charge >= 0.3 is 6.36 Å². The Kier molecular flexibility index (Phi) is 5.12. The first-order valence-corrected chi connectivity index (χ1v) is 7.11. The van der Waals surface area contributed by atoms with E-state index in [-0.39, 0.29) is 17.2 Å². The second-order valence-corrected chi connectivity index (χ2v) is 5.18. The van der Waals surface area contributed by atoms with Gasteiger partial charge in [-0.1, -0.05) is 6.08 Å². The predicted octanol–water partition coefficient (Wildman–Crippen LogP) is 2.10. The quantitative estimate of drug-likeness (QED) is 0.366. The normalized spacial score (nSPS) is 16.8. The Hall–Kier alpha value is -2.88. The largest absolute Gasteiger partial charge is 0.573 e. The molecule has 0 radical (unpaired) electrons. The van der Waals surface area contributed by atoms with Gasteiger partial charge in [0.25, 0.3) is 11.8 Å². The Morgan fingerprint density at radius 2 is 2.04 bits per heavy atom. The standard InChI is InChI=1S/C15H11F3N2O4S/c1-2-5-20-13(23)10(12(22)19-14(20)25)7-8-6-9(3-4-11(8)21)24-15(16,17)18/h2-4,6-7,21H,1,5H2,(H,19,22,25). The molecule has 1 heterocycles. The van der Waals surface area contributed by atoms with Crippen molar-refractivity contribution in [3.63, 3.8) is 0 Å². The summed E-state index contributed by atoms with van der Waals surface area (Å²) in [4.78, 5) is 25.3. The molecule has 0 bridgehead atoms. The average Bonchev–Trinajstić information content (AvgIpc) is 2.49. The van der Waals surface area contributed by atoms with Crippen LogP contribution in [0.25, 0.3) is 6.08 Å². The summed E-state index contributed by atoms with van der Waals surface area (Å²) in [5.41, 5.74) is -0.610. The average molecular weight is 372 g/mol. The van der Waals surface area contributed by atoms with Crippen LogP contribution in [0.4, 0.5) is 13.2 Å². The molecule has 1 aromatic rings. The summed E-state index contributed by atoms with van der Waals surface area (Å²) in [5, 5.41) is 11.9. The van der Waals surface area contributed by atoms with Gasteiger partial charge in [-0.2, -0.15) is 0 Å². The van der Waals surface area contributed by atoms with Gasteiger partial charge in [0.15, 0.2) is 5.11 Å². The molecular formula is C15H11F3N2O4S. The van der Waals surface area contributed by atoms with E-state index in [1.165, 1.54) is 6.08 Å². The fourth-order valence-corrected chi connectivity index (χ4v) is 2.24. The minimum Gasteiger partial charge on any atom is -0.507 e. The Labute approximate surface area is 145 Å². The molecule has 2 rings (SSSR count). The van der Waals surface area contributed by atoms with E-state index >= 15 is 0 Å². The Morgan fingerprint density at radius 3 is 2.64 bits per heavy atom. The van der Waals surface area contributed by atoms with Gasteiger partial charge in [0, 0.05) is 12.1 Å². The molecule has 0 aliphatic carbocycles. The van der Waals surface area contributed by atoms with Crippen molar-refractivity contribution in [1.82, 2.24) is 10.2 Å². The minimum atomic E-state index is -4.92. The van der Waals surface area contributed by atoms with Crippen LogP contribution in [-0.2, 0) is 9.59 Å². The molecule has 0 aromatic heterocycles. The lowest BCUT2D eigenvalue weighted by molar-refractivity contribution is -0.274. The van der Waals surface area contributed by atoms with Crippen LogP contribution in [0.5, 0.6) is 11.5 Å². The summed E-state index contributed by atoms with van der Waals surface area (Å²) >= 11 is 4.87. The Bertz CT molecular complexity index is 789. The molecule has 0 unspecified atom stereocenters. The maximum absolute atomic E-state index is 12.3. The second-order valence-electron chi connectivity index (χ2n) is 4.79. The Balaban J connectivity index is 2.42. The molecule has 132 valence electrons. The van der Waals surface area contributed by atoms with E-state index in [4.69, 9.17) is 12.2 Å². The summed E-state index contributed by atoms with van der Waals surface area (Å²) in [6.45, 7) is 3.49. The highest BCUT2D eigenvalue weighted by atomic mass is 32.1. The molecule has 2 N–H and O–H groups in total. The number of carbonyl (C=O) groups is 2. The third kappa shape index (κ3) is 4.35. The van der Waals surface area contributed by atoms with Crippen LogP contribution in [0.1, 0.15) is 5.56 Å². The third-order valence-electron chi connectivity index (χ3n) is 3.03. The fourth-order valence-electron chi connectivity index (χ4n) is 1.99. The van der Waals surface area contributed by atoms with E-state index in [2.05, 4.69) is 16.6 Å². The highest BCUT2D eigenvalue weighted by molar-refractivity contribution is 7.80. The monoisotopic (exact) mass is 372 g/mol. The summed E-state index contributed by atoms with van der Waals surface area (Å²) in [5.74, 6) is -2.66. The number of nitrogens with zero attached hydrogens (tertiary/aromatic N) is 1. The zero-order valence-electron chi connectivity index (χ0n) is 12.5. The number of hydrogen-bond acceptors (Lipinski definition) is 5. The lowest BCUT2D eigenvalue weighted by Gasteiger charge is -2.27. The highest BCUT2D eigenvalue weighted by Crippen LogP contribution is 2.29. The number of rotatable bonds is 4. The molecular weight excluding hydrogens is 361 g/mol. The van der Waals surface area contributed by atoms with Crippen molar-refractivity contribution in [2.75, 3.05) is 6.54 Å². The molecule has 25 heavy (non-hydrogen) atoms. The number of thiocarbonyl (C=S) groups is 1. The van der Waals surface area contributed by atoms with E-state index < -0.39 is 35.2 Å². The van der Waals surface area contributed by atoms with Crippen molar-refractivity contribution < 1.29 is 32.6 Å². The lowest BCUT2D eigenvalue weighted by Crippen LogP contribution is -2.53. The van der Waals surface area contributed by atoms with Gasteiger partial charge in [-0.3, -0.25) is 19.8 Å². The predicted molar refractivity (Wildman–Crippen MR) is 85.4 cm³/mol. The summed E-state index contributed by atoms with van der Waals surface area (Å²) < 4.78 is 40.6. The SMILES string of the molecule is C=CCN1C(=O)C(=Cc2cc(OC(F)(F)F)ccc2O)C(=O)NC1=S. The highest BCUT2D eigenvalue weighted by Gasteiger charge is 2.33. The van der Waals surface area contributed by atoms with Crippen molar-refractivity contribution >= 4 is 35.2 Å². The van der Waals surface area contributed by atoms with Crippen LogP contribution in [-0.4, -0.2) is 39.8 Å². The zero-order chi connectivity index (χ0) is 18.8. The first-order valence-electron chi connectivity index (χ1n) is 6.71. The molecule has 1 aromatic carbocycles. The first-order chi connectivity index (χ1) is 11.6. The number of aromatic hydroxyl groups is 1. The first kappa shape index (κ1) is 18.5. The number of phenols is 1. The van der Waals surface area contributed by atoms with Crippen molar-refractivity contribution in [3.05, 3.63) is 42.0 Å². The molecule has 1 aliphatic rings. The molecule has 0 spiro atoms. The van der Waals surface area contributed by atoms with E-state index in [0.717, 1.165) is 29.2 Å². The van der Waals surface area contributed by atoms with Crippen LogP contribution in [0.2, 0.25) is 0 Å². The topological polar surface area (TPSA) is 78.9 Å². The molecule has 1 saturated heterocycles. The maximum Gasteiger partial charge on any atom is 0.573 e. The number of benzene rings is 1. The van der Waals surface area contributed by atoms with Crippen LogP contribution < -0.4 is 10.1 Å². The van der Waals surface area contributed by atoms with Gasteiger partial charge < -0.3 is 9.84 Å². The van der Waals surface area contributed by atoms with Gasteiger partial charge in [0.2, 0.25) is 0 Å². The number of alkyl halides is 3. The molecule has 1 fully saturated rings. The van der Waals surface area contributed by atoms with Gasteiger partial charge in [0.1, 0.15) is 17.1 Å². The van der Waals surface area contributed by atoms with E-state index in [1.807, 2.05) is 0 Å². The fraction of sp³-hybridized carbons (Fsp3) is 0.133. The number of hydrogen-bond donors (Lipinski definition) is 2. The smallest absolute Gasteiger partial charge is 0.507 e. The van der Waals surface area contributed by atoms with E-state index in [0.29, 0.717) is 0 Å². The maximum atomic E-state index is 12.3. The number of phenolic OH excluding ortho intramolecular Hbond substituents is 1. The van der Waals surface area contributed by atoms with Crippen molar-refractivity contribution in [2.45, 2.75) is 6.36 Å². The molecule has 2 amide bonds. The van der Waals surface area contributed by atoms with Gasteiger partial charge in [-0.15, -0.1) is 19.8 Å². The minimum absolute atomic E-state index is 0.0263. The lowest BCUT2D eigenvalue weighted by atomic mass is 10.1. The van der Waals surface area contributed by atoms with Crippen LogP contribution in [0.15, 0.2) is 36.4 Å². The van der Waals surface area contributed by atoms with Crippen LogP contribution >= 0.6 is 12.2 Å². The molecule has 0 atom stereocenters. The van der Waals surface area contributed by atoms with E-state index in [1.54, 1.807) is 0 Å². The zero-order valence-corrected chi connectivity index (χ0v) is 13.3. The van der Waals surface area contributed by atoms with Crippen LogP contribution in [0.3, 0.4) is 0 Å². The third-order valence-corrected chi connectivity index (χ3v) is 3.35. The summed E-state index contributed by atoms with van der Waals surface area (Å²) in [7, 11) is 0. The molecule has 1 aliphatic heterocycles. The number of ether oxygens (including phenoxy) is 1. The Morgan fingerprint density at radius 1 is 1.36 bits per heavy atom. The van der Waals surface area contributed by atoms with Crippen molar-refractivity contribution in [2.24, 2.45) is 0 Å². The number of halogens is 3. The summed E-state index contributed by atoms with van der Waals surface area (Å²) in [6, 6.07) is 2.69.